The van der Waals surface area contributed by atoms with E-state index in [0.29, 0.717) is 35.7 Å². The van der Waals surface area contributed by atoms with Crippen LogP contribution >= 0.6 is 0 Å². The lowest BCUT2D eigenvalue weighted by atomic mass is 10.2. The first-order chi connectivity index (χ1) is 12.7. The molecule has 7 nitrogen and oxygen atoms in total. The van der Waals surface area contributed by atoms with E-state index < -0.39 is 0 Å². The highest BCUT2D eigenvalue weighted by Gasteiger charge is 2.24. The maximum Gasteiger partial charge on any atom is 0.275 e. The number of ether oxygens (including phenoxy) is 1. The molecule has 7 heteroatoms. The number of imidazole rings is 1. The van der Waals surface area contributed by atoms with Crippen LogP contribution in [0.3, 0.4) is 0 Å². The van der Waals surface area contributed by atoms with Crippen molar-refractivity contribution >= 4 is 28.8 Å². The predicted molar refractivity (Wildman–Crippen MR) is 97.7 cm³/mol. The quantitative estimate of drug-likeness (QED) is 0.785. The van der Waals surface area contributed by atoms with Gasteiger partial charge in [0.1, 0.15) is 17.1 Å². The van der Waals surface area contributed by atoms with Gasteiger partial charge in [-0.05, 0) is 30.7 Å². The van der Waals surface area contributed by atoms with Crippen LogP contribution in [0.2, 0.25) is 0 Å². The topological polar surface area (TPSA) is 75.9 Å². The van der Waals surface area contributed by atoms with E-state index in [4.69, 9.17) is 4.74 Å². The van der Waals surface area contributed by atoms with Crippen molar-refractivity contribution in [2.45, 2.75) is 12.8 Å². The van der Waals surface area contributed by atoms with Crippen LogP contribution in [-0.4, -0.2) is 34.9 Å². The zero-order chi connectivity index (χ0) is 18.1. The number of aromatic nitrogens is 2. The second kappa shape index (κ2) is 6.51. The van der Waals surface area contributed by atoms with Crippen molar-refractivity contribution in [3.8, 4) is 5.75 Å². The van der Waals surface area contributed by atoms with Crippen molar-refractivity contribution in [3.05, 3.63) is 54.5 Å². The molecule has 0 saturated carbocycles. The highest BCUT2D eigenvalue weighted by molar-refractivity contribution is 6.04. The summed E-state index contributed by atoms with van der Waals surface area (Å²) in [6, 6.07) is 10.8. The normalized spacial score (nSPS) is 14.0. The van der Waals surface area contributed by atoms with Crippen LogP contribution in [0, 0.1) is 0 Å². The number of amides is 2. The standard InChI is InChI=1S/C19H18N4O3/c1-26-16-11-13(7-8-15(16)23-10-4-6-18(23)24)20-19(25)14-12-22-9-3-2-5-17(22)21-14/h2-3,5,7-9,11-12H,4,6,10H2,1H3,(H,20,25). The maximum absolute atomic E-state index is 12.5. The molecule has 0 bridgehead atoms. The van der Waals surface area contributed by atoms with Crippen molar-refractivity contribution in [1.29, 1.82) is 0 Å². The summed E-state index contributed by atoms with van der Waals surface area (Å²) in [6.07, 6.45) is 4.91. The zero-order valence-corrected chi connectivity index (χ0v) is 14.3. The minimum atomic E-state index is -0.305. The fraction of sp³-hybridized carbons (Fsp3) is 0.211. The lowest BCUT2D eigenvalue weighted by molar-refractivity contribution is -0.117. The summed E-state index contributed by atoms with van der Waals surface area (Å²) in [5, 5.41) is 2.82. The van der Waals surface area contributed by atoms with Gasteiger partial charge < -0.3 is 19.4 Å². The van der Waals surface area contributed by atoms with Crippen LogP contribution in [0.25, 0.3) is 5.65 Å². The fourth-order valence-electron chi connectivity index (χ4n) is 3.12. The number of rotatable bonds is 4. The molecule has 3 aromatic rings. The Morgan fingerprint density at radius 2 is 2.15 bits per heavy atom. The number of nitrogens with zero attached hydrogens (tertiary/aromatic N) is 3. The molecule has 0 unspecified atom stereocenters. The average molecular weight is 350 g/mol. The molecule has 26 heavy (non-hydrogen) atoms. The molecule has 2 aromatic heterocycles. The van der Waals surface area contributed by atoms with Gasteiger partial charge in [0.2, 0.25) is 5.91 Å². The Balaban J connectivity index is 1.57. The number of hydrogen-bond acceptors (Lipinski definition) is 4. The van der Waals surface area contributed by atoms with Gasteiger partial charge in [0.05, 0.1) is 12.8 Å². The van der Waals surface area contributed by atoms with Crippen LogP contribution in [0.1, 0.15) is 23.3 Å². The monoisotopic (exact) mass is 350 g/mol. The van der Waals surface area contributed by atoms with Crippen molar-refractivity contribution in [2.75, 3.05) is 23.9 Å². The first-order valence-electron chi connectivity index (χ1n) is 8.39. The molecule has 2 amide bonds. The molecule has 0 aliphatic carbocycles. The third-order valence-corrected chi connectivity index (χ3v) is 4.40. The fourth-order valence-corrected chi connectivity index (χ4v) is 3.12. The molecular weight excluding hydrogens is 332 g/mol. The lowest BCUT2D eigenvalue weighted by Gasteiger charge is -2.19. The molecule has 1 aliphatic rings. The van der Waals surface area contributed by atoms with Gasteiger partial charge in [-0.1, -0.05) is 6.07 Å². The Morgan fingerprint density at radius 3 is 2.88 bits per heavy atom. The van der Waals surface area contributed by atoms with Crippen molar-refractivity contribution in [3.63, 3.8) is 0 Å². The minimum absolute atomic E-state index is 0.0878. The van der Waals surface area contributed by atoms with Gasteiger partial charge in [0.25, 0.3) is 5.91 Å². The largest absolute Gasteiger partial charge is 0.494 e. The number of pyridine rings is 1. The highest BCUT2D eigenvalue weighted by atomic mass is 16.5. The molecule has 1 fully saturated rings. The number of benzene rings is 1. The molecule has 132 valence electrons. The number of carbonyl (C=O) groups is 2. The van der Waals surface area contributed by atoms with E-state index in [-0.39, 0.29) is 11.8 Å². The van der Waals surface area contributed by atoms with E-state index in [2.05, 4.69) is 10.3 Å². The van der Waals surface area contributed by atoms with Gasteiger partial charge in [-0.25, -0.2) is 4.98 Å². The van der Waals surface area contributed by atoms with Gasteiger partial charge in [-0.3, -0.25) is 9.59 Å². The molecule has 1 N–H and O–H groups in total. The average Bonchev–Trinajstić information content (AvgIpc) is 3.27. The Hall–Kier alpha value is -3.35. The van der Waals surface area contributed by atoms with Crippen LogP contribution < -0.4 is 15.0 Å². The highest BCUT2D eigenvalue weighted by Crippen LogP contribution is 2.33. The summed E-state index contributed by atoms with van der Waals surface area (Å²) in [5.41, 5.74) is 2.34. The molecule has 1 aliphatic heterocycles. The molecule has 0 radical (unpaired) electrons. The van der Waals surface area contributed by atoms with Gasteiger partial charge in [-0.2, -0.15) is 0 Å². The second-order valence-electron chi connectivity index (χ2n) is 6.08. The van der Waals surface area contributed by atoms with Crippen LogP contribution in [-0.2, 0) is 4.79 Å². The molecule has 4 rings (SSSR count). The lowest BCUT2D eigenvalue weighted by Crippen LogP contribution is -2.24. The van der Waals surface area contributed by atoms with E-state index in [1.165, 1.54) is 0 Å². The molecule has 3 heterocycles. The summed E-state index contributed by atoms with van der Waals surface area (Å²) in [5.74, 6) is 0.332. The van der Waals surface area contributed by atoms with Gasteiger partial charge in [0, 0.05) is 37.1 Å². The minimum Gasteiger partial charge on any atom is -0.494 e. The van der Waals surface area contributed by atoms with Crippen molar-refractivity contribution < 1.29 is 14.3 Å². The molecule has 0 spiro atoms. The SMILES string of the molecule is COc1cc(NC(=O)c2cn3ccccc3n2)ccc1N1CCCC1=O. The van der Waals surface area contributed by atoms with Gasteiger partial charge >= 0.3 is 0 Å². The number of carbonyl (C=O) groups excluding carboxylic acids is 2. The van der Waals surface area contributed by atoms with E-state index in [1.54, 1.807) is 40.8 Å². The predicted octanol–water partition coefficient (Wildman–Crippen LogP) is 2.72. The van der Waals surface area contributed by atoms with E-state index >= 15 is 0 Å². The van der Waals surface area contributed by atoms with Gasteiger partial charge in [0.15, 0.2) is 0 Å². The van der Waals surface area contributed by atoms with E-state index in [1.807, 2.05) is 24.4 Å². The number of fused-ring (bicyclic) bond motifs is 1. The third kappa shape index (κ3) is 2.88. The Bertz CT molecular complexity index is 962. The van der Waals surface area contributed by atoms with E-state index in [9.17, 15) is 9.59 Å². The molecule has 1 saturated heterocycles. The molecule has 1 aromatic carbocycles. The number of nitrogens with one attached hydrogen (secondary N) is 1. The third-order valence-electron chi connectivity index (χ3n) is 4.40. The number of methoxy groups -OCH3 is 1. The summed E-state index contributed by atoms with van der Waals surface area (Å²) >= 11 is 0. The number of hydrogen-bond donors (Lipinski definition) is 1. The Morgan fingerprint density at radius 1 is 1.27 bits per heavy atom. The maximum atomic E-state index is 12.5. The first kappa shape index (κ1) is 16.1. The van der Waals surface area contributed by atoms with Gasteiger partial charge in [-0.15, -0.1) is 0 Å². The summed E-state index contributed by atoms with van der Waals surface area (Å²) in [6.45, 7) is 0.683. The summed E-state index contributed by atoms with van der Waals surface area (Å²) in [4.78, 5) is 30.5. The molecular formula is C19H18N4O3. The van der Waals surface area contributed by atoms with Crippen molar-refractivity contribution in [1.82, 2.24) is 9.38 Å². The smallest absolute Gasteiger partial charge is 0.275 e. The van der Waals surface area contributed by atoms with Crippen LogP contribution in [0.4, 0.5) is 11.4 Å². The Labute approximate surface area is 150 Å². The molecule has 0 atom stereocenters. The summed E-state index contributed by atoms with van der Waals surface area (Å²) in [7, 11) is 1.55. The second-order valence-corrected chi connectivity index (χ2v) is 6.08. The Kier molecular flexibility index (Phi) is 4.04. The van der Waals surface area contributed by atoms with Crippen LogP contribution in [0.15, 0.2) is 48.8 Å². The van der Waals surface area contributed by atoms with Crippen molar-refractivity contribution in [2.24, 2.45) is 0 Å². The first-order valence-corrected chi connectivity index (χ1v) is 8.39. The van der Waals surface area contributed by atoms with E-state index in [0.717, 1.165) is 12.1 Å². The summed E-state index contributed by atoms with van der Waals surface area (Å²) < 4.78 is 7.21. The van der Waals surface area contributed by atoms with Crippen LogP contribution in [0.5, 0.6) is 5.75 Å². The zero-order valence-electron chi connectivity index (χ0n) is 14.3. The number of anilines is 2.